The van der Waals surface area contributed by atoms with Gasteiger partial charge in [-0.15, -0.1) is 11.6 Å². The predicted octanol–water partition coefficient (Wildman–Crippen LogP) is 1.59. The minimum absolute atomic E-state index is 0.134. The van der Waals surface area contributed by atoms with Crippen molar-refractivity contribution in [2.24, 2.45) is 0 Å². The van der Waals surface area contributed by atoms with Gasteiger partial charge < -0.3 is 10.2 Å². The average Bonchev–Trinajstić information content (AvgIpc) is 2.12. The van der Waals surface area contributed by atoms with E-state index in [0.717, 1.165) is 25.8 Å². The van der Waals surface area contributed by atoms with Crippen LogP contribution in [0.25, 0.3) is 0 Å². The second-order valence-corrected chi connectivity index (χ2v) is 3.77. The summed E-state index contributed by atoms with van der Waals surface area (Å²) in [5, 5.41) is 2.51. The van der Waals surface area contributed by atoms with Crippen LogP contribution in [-0.2, 0) is 4.79 Å². The summed E-state index contributed by atoms with van der Waals surface area (Å²) < 4.78 is 0. The third-order valence-electron chi connectivity index (χ3n) is 1.88. The smallest absolute Gasteiger partial charge is 0.247 e. The topological polar surface area (TPSA) is 32.3 Å². The summed E-state index contributed by atoms with van der Waals surface area (Å²) >= 11 is 5.36. The van der Waals surface area contributed by atoms with Gasteiger partial charge in [0.2, 0.25) is 5.91 Å². The van der Waals surface area contributed by atoms with Gasteiger partial charge in [-0.2, -0.15) is 0 Å². The molecule has 0 aromatic heterocycles. The first kappa shape index (κ1) is 13.5. The van der Waals surface area contributed by atoms with Crippen LogP contribution in [0.1, 0.15) is 19.3 Å². The van der Waals surface area contributed by atoms with E-state index in [-0.39, 0.29) is 11.9 Å². The van der Waals surface area contributed by atoms with E-state index in [2.05, 4.69) is 16.8 Å². The Hall–Kier alpha value is -0.540. The van der Waals surface area contributed by atoms with Crippen LogP contribution in [0.2, 0.25) is 0 Å². The van der Waals surface area contributed by atoms with E-state index >= 15 is 0 Å². The molecule has 82 valence electrons. The van der Waals surface area contributed by atoms with Gasteiger partial charge in [-0.25, -0.2) is 0 Å². The third kappa shape index (κ3) is 6.92. The van der Waals surface area contributed by atoms with Gasteiger partial charge in [0, 0.05) is 5.57 Å². The molecule has 0 aliphatic rings. The van der Waals surface area contributed by atoms with Crippen LogP contribution in [0.3, 0.4) is 0 Å². The molecule has 0 atom stereocenters. The number of rotatable bonds is 7. The van der Waals surface area contributed by atoms with Crippen LogP contribution in [0.5, 0.6) is 0 Å². The Bertz CT molecular complexity index is 193. The Morgan fingerprint density at radius 3 is 2.57 bits per heavy atom. The molecule has 0 unspecified atom stereocenters. The number of alkyl halides is 1. The molecule has 0 heterocycles. The zero-order valence-corrected chi connectivity index (χ0v) is 9.73. The zero-order chi connectivity index (χ0) is 11.0. The van der Waals surface area contributed by atoms with E-state index in [4.69, 9.17) is 11.6 Å². The molecular formula is C10H19ClN2O. The van der Waals surface area contributed by atoms with Crippen LogP contribution in [0.15, 0.2) is 12.2 Å². The minimum Gasteiger partial charge on any atom is -0.339 e. The number of nitrogens with one attached hydrogen (secondary N) is 1. The van der Waals surface area contributed by atoms with Crippen LogP contribution in [0.4, 0.5) is 0 Å². The van der Waals surface area contributed by atoms with Gasteiger partial charge in [0.05, 0.1) is 6.00 Å². The lowest BCUT2D eigenvalue weighted by Crippen LogP contribution is -2.23. The highest BCUT2D eigenvalue weighted by Gasteiger charge is 2.04. The molecule has 0 aromatic carbocycles. The van der Waals surface area contributed by atoms with Gasteiger partial charge >= 0.3 is 0 Å². The van der Waals surface area contributed by atoms with Crippen LogP contribution in [-0.4, -0.2) is 37.5 Å². The SMILES string of the molecule is C=C(CCCCN(C)C)C(=O)NCCl. The molecule has 0 bridgehead atoms. The maximum atomic E-state index is 11.2. The first-order valence-electron chi connectivity index (χ1n) is 4.74. The van der Waals surface area contributed by atoms with Gasteiger partial charge in [0.25, 0.3) is 0 Å². The van der Waals surface area contributed by atoms with Crippen molar-refractivity contribution in [2.75, 3.05) is 26.6 Å². The summed E-state index contributed by atoms with van der Waals surface area (Å²) in [6.45, 7) is 4.75. The Morgan fingerprint density at radius 1 is 1.43 bits per heavy atom. The molecule has 4 heteroatoms. The van der Waals surface area contributed by atoms with Crippen molar-refractivity contribution in [1.29, 1.82) is 0 Å². The molecule has 1 amide bonds. The largest absolute Gasteiger partial charge is 0.339 e. The molecule has 1 N–H and O–H groups in total. The average molecular weight is 219 g/mol. The van der Waals surface area contributed by atoms with Gasteiger partial charge in [-0.3, -0.25) is 4.79 Å². The lowest BCUT2D eigenvalue weighted by molar-refractivity contribution is -0.117. The van der Waals surface area contributed by atoms with Crippen LogP contribution in [0, 0.1) is 0 Å². The highest BCUT2D eigenvalue weighted by molar-refractivity contribution is 6.19. The number of unbranched alkanes of at least 4 members (excludes halogenated alkanes) is 1. The first-order valence-corrected chi connectivity index (χ1v) is 5.28. The number of amides is 1. The number of carbonyl (C=O) groups is 1. The molecule has 0 spiro atoms. The number of hydrogen-bond acceptors (Lipinski definition) is 2. The van der Waals surface area contributed by atoms with Crippen molar-refractivity contribution in [3.8, 4) is 0 Å². The second kappa shape index (κ2) is 7.83. The first-order chi connectivity index (χ1) is 6.57. The molecule has 0 saturated heterocycles. The highest BCUT2D eigenvalue weighted by Crippen LogP contribution is 2.05. The summed E-state index contributed by atoms with van der Waals surface area (Å²) in [6, 6.07) is 0.148. The van der Waals surface area contributed by atoms with E-state index in [0.29, 0.717) is 5.57 Å². The molecule has 0 rings (SSSR count). The van der Waals surface area contributed by atoms with Crippen molar-refractivity contribution in [3.05, 3.63) is 12.2 Å². The zero-order valence-electron chi connectivity index (χ0n) is 8.98. The van der Waals surface area contributed by atoms with E-state index in [9.17, 15) is 4.79 Å². The van der Waals surface area contributed by atoms with Crippen molar-refractivity contribution in [3.63, 3.8) is 0 Å². The fourth-order valence-corrected chi connectivity index (χ4v) is 1.19. The third-order valence-corrected chi connectivity index (χ3v) is 2.02. The summed E-state index contributed by atoms with van der Waals surface area (Å²) in [5.41, 5.74) is 0.615. The summed E-state index contributed by atoms with van der Waals surface area (Å²) in [4.78, 5) is 13.3. The molecule has 0 aliphatic heterocycles. The van der Waals surface area contributed by atoms with Crippen LogP contribution < -0.4 is 5.32 Å². The summed E-state index contributed by atoms with van der Waals surface area (Å²) in [6.07, 6.45) is 2.82. The monoisotopic (exact) mass is 218 g/mol. The number of hydrogen-bond donors (Lipinski definition) is 1. The van der Waals surface area contributed by atoms with Crippen LogP contribution >= 0.6 is 11.6 Å². The number of carbonyl (C=O) groups excluding carboxylic acids is 1. The van der Waals surface area contributed by atoms with E-state index in [1.165, 1.54) is 0 Å². The van der Waals surface area contributed by atoms with Crippen molar-refractivity contribution < 1.29 is 4.79 Å². The van der Waals surface area contributed by atoms with Gasteiger partial charge in [0.15, 0.2) is 0 Å². The summed E-state index contributed by atoms with van der Waals surface area (Å²) in [5.74, 6) is -0.134. The Morgan fingerprint density at radius 2 is 2.07 bits per heavy atom. The maximum Gasteiger partial charge on any atom is 0.247 e. The van der Waals surface area contributed by atoms with Crippen molar-refractivity contribution >= 4 is 17.5 Å². The number of nitrogens with zero attached hydrogens (tertiary/aromatic N) is 1. The standard InChI is InChI=1S/C10H19ClN2O/c1-9(10(14)12-8-11)6-4-5-7-13(2)3/h1,4-8H2,2-3H3,(H,12,14). The highest BCUT2D eigenvalue weighted by atomic mass is 35.5. The van der Waals surface area contributed by atoms with E-state index < -0.39 is 0 Å². The van der Waals surface area contributed by atoms with Gasteiger partial charge in [0.1, 0.15) is 0 Å². The molecule has 0 aromatic rings. The molecule has 0 saturated carbocycles. The fourth-order valence-electron chi connectivity index (χ4n) is 1.07. The quantitative estimate of drug-likeness (QED) is 0.305. The summed E-state index contributed by atoms with van der Waals surface area (Å²) in [7, 11) is 4.07. The molecule has 14 heavy (non-hydrogen) atoms. The Kier molecular flexibility index (Phi) is 7.52. The van der Waals surface area contributed by atoms with Crippen molar-refractivity contribution in [1.82, 2.24) is 10.2 Å². The molecular weight excluding hydrogens is 200 g/mol. The minimum atomic E-state index is -0.134. The normalized spacial score (nSPS) is 10.3. The molecule has 3 nitrogen and oxygen atoms in total. The molecule has 0 radical (unpaired) electrons. The Labute approximate surface area is 91.1 Å². The molecule has 0 fully saturated rings. The van der Waals surface area contributed by atoms with Gasteiger partial charge in [-0.1, -0.05) is 6.58 Å². The van der Waals surface area contributed by atoms with E-state index in [1.54, 1.807) is 0 Å². The fraction of sp³-hybridized carbons (Fsp3) is 0.700. The second-order valence-electron chi connectivity index (χ2n) is 3.50. The Balaban J connectivity index is 3.49. The van der Waals surface area contributed by atoms with Gasteiger partial charge in [-0.05, 0) is 39.9 Å². The molecule has 0 aliphatic carbocycles. The predicted molar refractivity (Wildman–Crippen MR) is 60.4 cm³/mol. The lowest BCUT2D eigenvalue weighted by atomic mass is 10.1. The maximum absolute atomic E-state index is 11.2. The van der Waals surface area contributed by atoms with E-state index in [1.807, 2.05) is 14.1 Å². The lowest BCUT2D eigenvalue weighted by Gasteiger charge is -2.09. The number of halogens is 1. The van der Waals surface area contributed by atoms with Crippen molar-refractivity contribution in [2.45, 2.75) is 19.3 Å².